The Kier molecular flexibility index (Phi) is 1.39. The number of rotatable bonds is 2. The largest absolute Gasteiger partial charge is 0.281 e. The van der Waals surface area contributed by atoms with Crippen LogP contribution in [0.5, 0.6) is 0 Å². The topological polar surface area (TPSA) is 52.5 Å². The summed E-state index contributed by atoms with van der Waals surface area (Å²) >= 11 is 0. The van der Waals surface area contributed by atoms with Crippen molar-refractivity contribution in [1.82, 2.24) is 10.2 Å². The van der Waals surface area contributed by atoms with E-state index in [9.17, 15) is 0 Å². The summed E-state index contributed by atoms with van der Waals surface area (Å²) in [5, 5.41) is 15.4. The van der Waals surface area contributed by atoms with Crippen molar-refractivity contribution in [2.24, 2.45) is 0 Å². The first-order valence-electron chi connectivity index (χ1n) is 3.81. The van der Waals surface area contributed by atoms with Gasteiger partial charge in [-0.2, -0.15) is 10.4 Å². The molecule has 0 radical (unpaired) electrons. The Morgan fingerprint density at radius 1 is 1.73 bits per heavy atom. The van der Waals surface area contributed by atoms with Crippen LogP contribution in [0.3, 0.4) is 0 Å². The number of hydrogen-bond donors (Lipinski definition) is 1. The third-order valence-electron chi connectivity index (χ3n) is 1.92. The van der Waals surface area contributed by atoms with Crippen molar-refractivity contribution in [3.63, 3.8) is 0 Å². The molecule has 2 rings (SSSR count). The molecule has 1 N–H and O–H groups in total. The zero-order chi connectivity index (χ0) is 7.68. The highest BCUT2D eigenvalue weighted by atomic mass is 15.1. The van der Waals surface area contributed by atoms with Gasteiger partial charge in [-0.1, -0.05) is 0 Å². The molecule has 0 amide bonds. The van der Waals surface area contributed by atoms with Crippen LogP contribution in [0.2, 0.25) is 0 Å². The van der Waals surface area contributed by atoms with E-state index >= 15 is 0 Å². The molecule has 3 heteroatoms. The Bertz CT molecular complexity index is 291. The predicted octanol–water partition coefficient (Wildman–Crippen LogP) is 1.35. The van der Waals surface area contributed by atoms with Crippen LogP contribution in [0, 0.1) is 11.3 Å². The second-order valence-electron chi connectivity index (χ2n) is 2.93. The molecular weight excluding hydrogens is 138 g/mol. The lowest BCUT2D eigenvalue weighted by molar-refractivity contribution is 0.945. The van der Waals surface area contributed by atoms with Gasteiger partial charge >= 0.3 is 0 Å². The predicted molar refractivity (Wildman–Crippen MR) is 39.9 cm³/mol. The molecule has 56 valence electrons. The lowest BCUT2D eigenvalue weighted by atomic mass is 10.2. The van der Waals surface area contributed by atoms with Crippen molar-refractivity contribution in [1.29, 1.82) is 5.26 Å². The molecule has 0 spiro atoms. The zero-order valence-corrected chi connectivity index (χ0v) is 6.17. The summed E-state index contributed by atoms with van der Waals surface area (Å²) in [7, 11) is 0. The van der Waals surface area contributed by atoms with E-state index in [1.807, 2.05) is 6.07 Å². The molecule has 1 saturated carbocycles. The third kappa shape index (κ3) is 1.25. The molecule has 0 aliphatic heterocycles. The van der Waals surface area contributed by atoms with Crippen molar-refractivity contribution in [3.05, 3.63) is 17.5 Å². The van der Waals surface area contributed by atoms with Gasteiger partial charge in [0.2, 0.25) is 0 Å². The van der Waals surface area contributed by atoms with Crippen LogP contribution < -0.4 is 0 Å². The second kappa shape index (κ2) is 2.39. The average Bonchev–Trinajstić information content (AvgIpc) is 2.75. The van der Waals surface area contributed by atoms with Crippen molar-refractivity contribution >= 4 is 0 Å². The number of nitrogens with zero attached hydrogens (tertiary/aromatic N) is 2. The Balaban J connectivity index is 2.13. The lowest BCUT2D eigenvalue weighted by Crippen LogP contribution is -1.78. The molecule has 1 aliphatic rings. The van der Waals surface area contributed by atoms with Gasteiger partial charge in [-0.25, -0.2) is 0 Å². The number of hydrogen-bond acceptors (Lipinski definition) is 2. The normalized spacial score (nSPS) is 16.3. The Hall–Kier alpha value is -1.30. The summed E-state index contributed by atoms with van der Waals surface area (Å²) in [5.41, 5.74) is 2.07. The van der Waals surface area contributed by atoms with Crippen LogP contribution >= 0.6 is 0 Å². The molecule has 0 saturated heterocycles. The van der Waals surface area contributed by atoms with Gasteiger partial charge in [0, 0.05) is 11.6 Å². The average molecular weight is 147 g/mol. The Morgan fingerprint density at radius 2 is 2.55 bits per heavy atom. The third-order valence-corrected chi connectivity index (χ3v) is 1.92. The maximum atomic E-state index is 8.39. The standard InChI is InChI=1S/C8H9N3/c9-4-3-7-5-8(11-10-7)6-1-2-6/h5-6H,1-3H2,(H,10,11). The highest BCUT2D eigenvalue weighted by Crippen LogP contribution is 2.38. The van der Waals surface area contributed by atoms with Crippen molar-refractivity contribution < 1.29 is 0 Å². The van der Waals surface area contributed by atoms with Gasteiger partial charge in [0.05, 0.1) is 18.2 Å². The molecule has 0 bridgehead atoms. The van der Waals surface area contributed by atoms with E-state index in [1.54, 1.807) is 0 Å². The van der Waals surface area contributed by atoms with E-state index in [1.165, 1.54) is 12.8 Å². The summed E-state index contributed by atoms with van der Waals surface area (Å²) in [5.74, 6) is 0.679. The Labute approximate surface area is 65.0 Å². The van der Waals surface area contributed by atoms with E-state index in [0.29, 0.717) is 12.3 Å². The van der Waals surface area contributed by atoms with E-state index in [2.05, 4.69) is 16.3 Å². The highest BCUT2D eigenvalue weighted by Gasteiger charge is 2.25. The summed E-state index contributed by atoms with van der Waals surface area (Å²) in [4.78, 5) is 0. The van der Waals surface area contributed by atoms with Gasteiger partial charge in [-0.3, -0.25) is 5.10 Å². The summed E-state index contributed by atoms with van der Waals surface area (Å²) in [6.07, 6.45) is 2.97. The van der Waals surface area contributed by atoms with E-state index in [4.69, 9.17) is 5.26 Å². The summed E-state index contributed by atoms with van der Waals surface area (Å²) in [6, 6.07) is 4.09. The van der Waals surface area contributed by atoms with Crippen molar-refractivity contribution in [3.8, 4) is 6.07 Å². The molecule has 11 heavy (non-hydrogen) atoms. The van der Waals surface area contributed by atoms with Gasteiger partial charge in [0.25, 0.3) is 0 Å². The monoisotopic (exact) mass is 147 g/mol. The molecule has 1 fully saturated rings. The molecule has 0 aromatic carbocycles. The van der Waals surface area contributed by atoms with Crippen LogP contribution in [0.1, 0.15) is 30.1 Å². The zero-order valence-electron chi connectivity index (χ0n) is 6.17. The Morgan fingerprint density at radius 3 is 3.18 bits per heavy atom. The minimum atomic E-state index is 0.444. The SMILES string of the molecule is N#CCc1cc(C2CC2)n[nH]1. The van der Waals surface area contributed by atoms with Crippen LogP contribution in [-0.2, 0) is 6.42 Å². The van der Waals surface area contributed by atoms with E-state index < -0.39 is 0 Å². The maximum Gasteiger partial charge on any atom is 0.0769 e. The van der Waals surface area contributed by atoms with Crippen molar-refractivity contribution in [2.45, 2.75) is 25.2 Å². The van der Waals surface area contributed by atoms with Gasteiger partial charge in [-0.05, 0) is 18.9 Å². The fourth-order valence-electron chi connectivity index (χ4n) is 1.14. The molecule has 1 aliphatic carbocycles. The quantitative estimate of drug-likeness (QED) is 0.686. The number of aromatic nitrogens is 2. The number of aromatic amines is 1. The first-order valence-corrected chi connectivity index (χ1v) is 3.81. The molecule has 3 nitrogen and oxygen atoms in total. The van der Waals surface area contributed by atoms with Crippen LogP contribution in [0.25, 0.3) is 0 Å². The minimum Gasteiger partial charge on any atom is -0.281 e. The van der Waals surface area contributed by atoms with Crippen LogP contribution in [0.15, 0.2) is 6.07 Å². The van der Waals surface area contributed by atoms with Gasteiger partial charge in [-0.15, -0.1) is 0 Å². The molecule has 1 aromatic rings. The summed E-state index contributed by atoms with van der Waals surface area (Å²) in [6.45, 7) is 0. The maximum absolute atomic E-state index is 8.39. The minimum absolute atomic E-state index is 0.444. The van der Waals surface area contributed by atoms with Crippen LogP contribution in [-0.4, -0.2) is 10.2 Å². The number of nitrogens with one attached hydrogen (secondary N) is 1. The van der Waals surface area contributed by atoms with E-state index in [-0.39, 0.29) is 0 Å². The van der Waals surface area contributed by atoms with Crippen molar-refractivity contribution in [2.75, 3.05) is 0 Å². The van der Waals surface area contributed by atoms with Gasteiger partial charge < -0.3 is 0 Å². The molecule has 0 unspecified atom stereocenters. The van der Waals surface area contributed by atoms with Gasteiger partial charge in [0.1, 0.15) is 0 Å². The van der Waals surface area contributed by atoms with E-state index in [0.717, 1.165) is 11.4 Å². The summed E-state index contributed by atoms with van der Waals surface area (Å²) < 4.78 is 0. The lowest BCUT2D eigenvalue weighted by Gasteiger charge is -1.81. The number of nitriles is 1. The molecular formula is C8H9N3. The molecule has 1 heterocycles. The van der Waals surface area contributed by atoms with Crippen LogP contribution in [0.4, 0.5) is 0 Å². The highest BCUT2D eigenvalue weighted by molar-refractivity contribution is 5.19. The van der Waals surface area contributed by atoms with Gasteiger partial charge in [0.15, 0.2) is 0 Å². The second-order valence-corrected chi connectivity index (χ2v) is 2.93. The molecule has 0 atom stereocenters. The fraction of sp³-hybridized carbons (Fsp3) is 0.500. The molecule has 1 aromatic heterocycles. The first-order chi connectivity index (χ1) is 5.40. The fourth-order valence-corrected chi connectivity index (χ4v) is 1.14. The number of H-pyrrole nitrogens is 1. The first kappa shape index (κ1) is 6.41. The smallest absolute Gasteiger partial charge is 0.0769 e.